The van der Waals surface area contributed by atoms with Crippen LogP contribution < -0.4 is 5.32 Å². The van der Waals surface area contributed by atoms with Crippen LogP contribution >= 0.6 is 0 Å². The number of carboxylic acid groups (broad SMARTS) is 1. The fraction of sp³-hybridized carbons (Fsp3) is 0.462. The maximum Gasteiger partial charge on any atom is 0.328 e. The topological polar surface area (TPSA) is 104 Å². The van der Waals surface area contributed by atoms with Crippen molar-refractivity contribution in [3.05, 3.63) is 23.0 Å². The molecule has 7 nitrogen and oxygen atoms in total. The molecule has 0 saturated carbocycles. The second-order valence-corrected chi connectivity index (χ2v) is 4.61. The van der Waals surface area contributed by atoms with E-state index in [0.29, 0.717) is 0 Å². The van der Waals surface area contributed by atoms with Gasteiger partial charge in [-0.1, -0.05) is 0 Å². The first-order valence-electron chi connectivity index (χ1n) is 6.13. The second kappa shape index (κ2) is 6.33. The first-order chi connectivity index (χ1) is 9.23. The summed E-state index contributed by atoms with van der Waals surface area (Å²) in [7, 11) is 1.80. The van der Waals surface area contributed by atoms with Gasteiger partial charge in [0.25, 0.3) is 0 Å². The maximum absolute atomic E-state index is 11.7. The third-order valence-electron chi connectivity index (χ3n) is 3.01. The predicted molar refractivity (Wildman–Crippen MR) is 73.0 cm³/mol. The fourth-order valence-corrected chi connectivity index (χ4v) is 1.78. The monoisotopic (exact) mass is 281 g/mol. The Bertz CT molecular complexity index is 546. The van der Waals surface area contributed by atoms with Crippen molar-refractivity contribution in [2.45, 2.75) is 32.9 Å². The maximum atomic E-state index is 11.7. The molecule has 2 unspecified atom stereocenters. The van der Waals surface area contributed by atoms with Gasteiger partial charge in [-0.05, 0) is 26.8 Å². The van der Waals surface area contributed by atoms with Crippen LogP contribution in [0.15, 0.2) is 6.08 Å². The standard InChI is InChI=1S/C13H19N3O4/c1-7-10(8(2)16(4)15-7)5-6-11(18)14-12(9(3)17)13(19)20/h5-6,9,12,17H,1-4H3,(H,14,18)(H,19,20)/b6-5+. The van der Waals surface area contributed by atoms with Crippen LogP contribution in [0.1, 0.15) is 23.9 Å². The van der Waals surface area contributed by atoms with Gasteiger partial charge in [0.2, 0.25) is 5.91 Å². The van der Waals surface area contributed by atoms with Crippen LogP contribution in [0, 0.1) is 13.8 Å². The van der Waals surface area contributed by atoms with Crippen molar-refractivity contribution in [1.82, 2.24) is 15.1 Å². The lowest BCUT2D eigenvalue weighted by molar-refractivity contribution is -0.144. The van der Waals surface area contributed by atoms with Crippen molar-refractivity contribution in [3.63, 3.8) is 0 Å². The number of nitrogens with one attached hydrogen (secondary N) is 1. The smallest absolute Gasteiger partial charge is 0.328 e. The van der Waals surface area contributed by atoms with E-state index in [1.165, 1.54) is 13.0 Å². The van der Waals surface area contributed by atoms with Crippen molar-refractivity contribution in [2.24, 2.45) is 7.05 Å². The lowest BCUT2D eigenvalue weighted by atomic mass is 10.1. The van der Waals surface area contributed by atoms with E-state index in [0.717, 1.165) is 17.0 Å². The Morgan fingerprint density at radius 3 is 2.40 bits per heavy atom. The summed E-state index contributed by atoms with van der Waals surface area (Å²) in [5, 5.41) is 24.6. The van der Waals surface area contributed by atoms with Crippen LogP contribution in [-0.4, -0.2) is 44.0 Å². The summed E-state index contributed by atoms with van der Waals surface area (Å²) in [4.78, 5) is 22.5. The zero-order valence-electron chi connectivity index (χ0n) is 11.9. The number of aliphatic carboxylic acids is 1. The molecule has 110 valence electrons. The summed E-state index contributed by atoms with van der Waals surface area (Å²) >= 11 is 0. The zero-order chi connectivity index (χ0) is 15.4. The summed E-state index contributed by atoms with van der Waals surface area (Å²) in [6, 6.07) is -1.33. The summed E-state index contributed by atoms with van der Waals surface area (Å²) in [6.07, 6.45) is 1.63. The Balaban J connectivity index is 2.80. The van der Waals surface area contributed by atoms with Gasteiger partial charge in [0, 0.05) is 24.4 Å². The molecule has 1 amide bonds. The molecule has 2 atom stereocenters. The highest BCUT2D eigenvalue weighted by molar-refractivity contribution is 5.94. The molecule has 1 aromatic heterocycles. The molecule has 7 heteroatoms. The van der Waals surface area contributed by atoms with Gasteiger partial charge in [0.1, 0.15) is 0 Å². The Labute approximate surface area is 116 Å². The minimum atomic E-state index is -1.33. The normalized spacial score (nSPS) is 14.2. The number of amides is 1. The lowest BCUT2D eigenvalue weighted by Crippen LogP contribution is -2.47. The van der Waals surface area contributed by atoms with E-state index in [1.807, 2.05) is 13.8 Å². The number of aliphatic hydroxyl groups is 1. The van der Waals surface area contributed by atoms with E-state index in [1.54, 1.807) is 17.8 Å². The van der Waals surface area contributed by atoms with E-state index in [-0.39, 0.29) is 0 Å². The quantitative estimate of drug-likeness (QED) is 0.659. The fourth-order valence-electron chi connectivity index (χ4n) is 1.78. The Kier molecular flexibility index (Phi) is 5.04. The first kappa shape index (κ1) is 15.9. The highest BCUT2D eigenvalue weighted by Gasteiger charge is 2.24. The van der Waals surface area contributed by atoms with Crippen LogP contribution in [-0.2, 0) is 16.6 Å². The zero-order valence-corrected chi connectivity index (χ0v) is 11.9. The van der Waals surface area contributed by atoms with Crippen molar-refractivity contribution in [2.75, 3.05) is 0 Å². The molecule has 0 saturated heterocycles. The summed E-state index contributed by atoms with van der Waals surface area (Å²) in [5.74, 6) is -1.86. The van der Waals surface area contributed by atoms with Crippen molar-refractivity contribution in [3.8, 4) is 0 Å². The number of carboxylic acids is 1. The number of aliphatic hydroxyl groups excluding tert-OH is 1. The van der Waals surface area contributed by atoms with Gasteiger partial charge in [0.15, 0.2) is 6.04 Å². The minimum absolute atomic E-state index is 0.582. The third kappa shape index (κ3) is 3.67. The van der Waals surface area contributed by atoms with Crippen LogP contribution in [0.5, 0.6) is 0 Å². The van der Waals surface area contributed by atoms with E-state index >= 15 is 0 Å². The van der Waals surface area contributed by atoms with Crippen LogP contribution in [0.25, 0.3) is 6.08 Å². The molecular formula is C13H19N3O4. The van der Waals surface area contributed by atoms with Crippen LogP contribution in [0.4, 0.5) is 0 Å². The van der Waals surface area contributed by atoms with Gasteiger partial charge in [-0.3, -0.25) is 9.48 Å². The van der Waals surface area contributed by atoms with Gasteiger partial charge in [0.05, 0.1) is 11.8 Å². The average molecular weight is 281 g/mol. The molecule has 0 aliphatic rings. The van der Waals surface area contributed by atoms with E-state index < -0.39 is 24.0 Å². The van der Waals surface area contributed by atoms with E-state index in [9.17, 15) is 14.7 Å². The van der Waals surface area contributed by atoms with Crippen molar-refractivity contribution >= 4 is 18.0 Å². The molecule has 0 spiro atoms. The summed E-state index contributed by atoms with van der Waals surface area (Å²) < 4.78 is 1.70. The van der Waals surface area contributed by atoms with Crippen LogP contribution in [0.2, 0.25) is 0 Å². The van der Waals surface area contributed by atoms with Gasteiger partial charge in [-0.25, -0.2) is 4.79 Å². The number of carbonyl (C=O) groups excluding carboxylic acids is 1. The van der Waals surface area contributed by atoms with Gasteiger partial charge in [-0.2, -0.15) is 5.10 Å². The van der Waals surface area contributed by atoms with Gasteiger partial charge in [-0.15, -0.1) is 0 Å². The average Bonchev–Trinajstić information content (AvgIpc) is 2.57. The Morgan fingerprint density at radius 1 is 1.40 bits per heavy atom. The number of hydrogen-bond acceptors (Lipinski definition) is 4. The van der Waals surface area contributed by atoms with Gasteiger partial charge >= 0.3 is 5.97 Å². The molecule has 0 bridgehead atoms. The highest BCUT2D eigenvalue weighted by Crippen LogP contribution is 2.13. The molecule has 1 heterocycles. The second-order valence-electron chi connectivity index (χ2n) is 4.61. The number of aromatic nitrogens is 2. The lowest BCUT2D eigenvalue weighted by Gasteiger charge is -2.15. The molecule has 0 aliphatic carbocycles. The van der Waals surface area contributed by atoms with Crippen molar-refractivity contribution < 1.29 is 19.8 Å². The molecule has 3 N–H and O–H groups in total. The predicted octanol–water partition coefficient (Wildman–Crippen LogP) is 0.000340. The SMILES string of the molecule is Cc1nn(C)c(C)c1/C=C/C(=O)NC(C(=O)O)C(C)O. The summed E-state index contributed by atoms with van der Waals surface area (Å²) in [6.45, 7) is 4.99. The molecule has 1 rings (SSSR count). The number of hydrogen-bond donors (Lipinski definition) is 3. The summed E-state index contributed by atoms with van der Waals surface area (Å²) in [5.41, 5.74) is 2.49. The third-order valence-corrected chi connectivity index (χ3v) is 3.01. The molecule has 0 aromatic carbocycles. The molecule has 1 aromatic rings. The van der Waals surface area contributed by atoms with E-state index in [4.69, 9.17) is 5.11 Å². The minimum Gasteiger partial charge on any atom is -0.480 e. The Hall–Kier alpha value is -2.15. The molecule has 20 heavy (non-hydrogen) atoms. The van der Waals surface area contributed by atoms with E-state index in [2.05, 4.69) is 10.4 Å². The first-order valence-corrected chi connectivity index (χ1v) is 6.13. The molecule has 0 radical (unpaired) electrons. The molecule has 0 fully saturated rings. The number of nitrogens with zero attached hydrogens (tertiary/aromatic N) is 2. The van der Waals surface area contributed by atoms with Crippen LogP contribution in [0.3, 0.4) is 0 Å². The largest absolute Gasteiger partial charge is 0.480 e. The Morgan fingerprint density at radius 2 is 2.00 bits per heavy atom. The highest BCUT2D eigenvalue weighted by atomic mass is 16.4. The number of rotatable bonds is 5. The van der Waals surface area contributed by atoms with Crippen molar-refractivity contribution in [1.29, 1.82) is 0 Å². The number of carbonyl (C=O) groups is 2. The number of aryl methyl sites for hydroxylation is 2. The molecular weight excluding hydrogens is 262 g/mol. The molecule has 0 aliphatic heterocycles. The van der Waals surface area contributed by atoms with Gasteiger partial charge < -0.3 is 15.5 Å².